The van der Waals surface area contributed by atoms with Crippen LogP contribution in [0.1, 0.15) is 18.1 Å². The van der Waals surface area contributed by atoms with Gasteiger partial charge in [-0.05, 0) is 55.2 Å². The van der Waals surface area contributed by atoms with Gasteiger partial charge in [0.15, 0.2) is 0 Å². The fraction of sp³-hybridized carbons (Fsp3) is 0.227. The van der Waals surface area contributed by atoms with Crippen molar-refractivity contribution in [2.75, 3.05) is 0 Å². The minimum Gasteiger partial charge on any atom is -0.406 e. The van der Waals surface area contributed by atoms with E-state index in [-0.39, 0.29) is 5.75 Å². The van der Waals surface area contributed by atoms with Crippen molar-refractivity contribution in [3.8, 4) is 5.75 Å². The van der Waals surface area contributed by atoms with Crippen molar-refractivity contribution in [3.05, 3.63) is 87.5 Å². The maximum Gasteiger partial charge on any atom is 0.573 e. The van der Waals surface area contributed by atoms with E-state index in [2.05, 4.69) is 9.73 Å². The van der Waals surface area contributed by atoms with Gasteiger partial charge in [-0.25, -0.2) is 4.99 Å². The van der Waals surface area contributed by atoms with Crippen molar-refractivity contribution in [2.24, 2.45) is 4.99 Å². The molecule has 0 aliphatic rings. The molecule has 0 spiro atoms. The second kappa shape index (κ2) is 9.58. The second-order valence-electron chi connectivity index (χ2n) is 6.61. The van der Waals surface area contributed by atoms with Gasteiger partial charge in [0.1, 0.15) is 11.1 Å². The number of ether oxygens (including phenoxy) is 1. The van der Waals surface area contributed by atoms with Crippen molar-refractivity contribution < 1.29 is 17.9 Å². The summed E-state index contributed by atoms with van der Waals surface area (Å²) in [6.07, 6.45) is 0.241. The summed E-state index contributed by atoms with van der Waals surface area (Å²) in [4.78, 5) is 4.58. The average Bonchev–Trinajstić information content (AvgIpc) is 2.69. The van der Waals surface area contributed by atoms with Crippen molar-refractivity contribution in [1.82, 2.24) is 4.57 Å². The summed E-state index contributed by atoms with van der Waals surface area (Å²) in [5, 5.41) is 1.45. The molecule has 0 saturated carbocycles. The smallest absolute Gasteiger partial charge is 0.406 e. The Morgan fingerprint density at radius 3 is 2.17 bits per heavy atom. The van der Waals surface area contributed by atoms with Gasteiger partial charge in [-0.2, -0.15) is 0 Å². The van der Waals surface area contributed by atoms with E-state index < -0.39 is 6.36 Å². The quantitative estimate of drug-likeness (QED) is 0.405. The molecule has 1 aromatic heterocycles. The molecule has 0 bridgehead atoms. The number of benzene rings is 2. The highest BCUT2D eigenvalue weighted by Gasteiger charge is 2.30. The first-order valence-electron chi connectivity index (χ1n) is 9.27. The molecule has 8 heteroatoms. The third-order valence-corrected chi connectivity index (χ3v) is 4.94. The standard InChI is InChI=1S/C22H19Cl2F3N2O/c1-2-29-13-19(23)21(20(24)14-29)28-17-5-3-4-16(12-17)7-6-15-8-10-18(11-9-15)30-22(25,26)27/h3-5,8-14H,2,6-7H2,1H3. The molecule has 3 rings (SSSR count). The van der Waals surface area contributed by atoms with Crippen LogP contribution in [-0.2, 0) is 19.4 Å². The Labute approximate surface area is 182 Å². The third kappa shape index (κ3) is 6.28. The zero-order valence-electron chi connectivity index (χ0n) is 16.1. The lowest BCUT2D eigenvalue weighted by molar-refractivity contribution is -0.274. The van der Waals surface area contributed by atoms with Crippen LogP contribution in [0.4, 0.5) is 18.9 Å². The molecule has 30 heavy (non-hydrogen) atoms. The largest absolute Gasteiger partial charge is 0.573 e. The van der Waals surface area contributed by atoms with Gasteiger partial charge >= 0.3 is 6.36 Å². The minimum absolute atomic E-state index is 0.229. The van der Waals surface area contributed by atoms with E-state index in [1.165, 1.54) is 12.1 Å². The highest BCUT2D eigenvalue weighted by Crippen LogP contribution is 2.23. The first-order chi connectivity index (χ1) is 14.2. The fourth-order valence-electron chi connectivity index (χ4n) is 2.91. The van der Waals surface area contributed by atoms with Gasteiger partial charge in [-0.15, -0.1) is 13.2 Å². The number of nitrogens with zero attached hydrogens (tertiary/aromatic N) is 2. The van der Waals surface area contributed by atoms with Gasteiger partial charge in [-0.1, -0.05) is 47.5 Å². The zero-order valence-corrected chi connectivity index (χ0v) is 17.6. The summed E-state index contributed by atoms with van der Waals surface area (Å²) in [5.41, 5.74) is 2.67. The van der Waals surface area contributed by atoms with Gasteiger partial charge < -0.3 is 9.30 Å². The van der Waals surface area contributed by atoms with Gasteiger partial charge in [0.05, 0.1) is 15.7 Å². The molecule has 0 fully saturated rings. The predicted octanol–water partition coefficient (Wildman–Crippen LogP) is 6.73. The maximum absolute atomic E-state index is 12.2. The third-order valence-electron chi connectivity index (χ3n) is 4.39. The van der Waals surface area contributed by atoms with Crippen LogP contribution in [0.5, 0.6) is 5.75 Å². The number of pyridine rings is 1. The molecule has 0 N–H and O–H groups in total. The van der Waals surface area contributed by atoms with E-state index in [1.54, 1.807) is 24.5 Å². The number of rotatable bonds is 6. The highest BCUT2D eigenvalue weighted by atomic mass is 35.5. The fourth-order valence-corrected chi connectivity index (χ4v) is 3.50. The Bertz CT molecular complexity index is 1050. The molecule has 0 aliphatic carbocycles. The van der Waals surface area contributed by atoms with Gasteiger partial charge in [-0.3, -0.25) is 0 Å². The van der Waals surface area contributed by atoms with Crippen LogP contribution in [0.2, 0.25) is 10.0 Å². The number of hydrogen-bond acceptors (Lipinski definition) is 2. The summed E-state index contributed by atoms with van der Waals surface area (Å²) in [6.45, 7) is 2.74. The van der Waals surface area contributed by atoms with E-state index in [0.29, 0.717) is 28.2 Å². The summed E-state index contributed by atoms with van der Waals surface area (Å²) >= 11 is 12.6. The van der Waals surface area contributed by atoms with E-state index in [0.717, 1.165) is 23.4 Å². The lowest BCUT2D eigenvalue weighted by Gasteiger charge is -2.09. The molecule has 1 heterocycles. The molecule has 0 amide bonds. The van der Waals surface area contributed by atoms with E-state index >= 15 is 0 Å². The molecule has 158 valence electrons. The summed E-state index contributed by atoms with van der Waals surface area (Å²) in [5.74, 6) is -0.229. The lowest BCUT2D eigenvalue weighted by atomic mass is 10.0. The van der Waals surface area contributed by atoms with Crippen LogP contribution in [0.15, 0.2) is 65.9 Å². The number of aryl methyl sites for hydroxylation is 3. The first kappa shape index (κ1) is 22.2. The Hall–Kier alpha value is -2.44. The normalized spacial score (nSPS) is 11.4. The van der Waals surface area contributed by atoms with E-state index in [1.807, 2.05) is 35.8 Å². The molecule has 3 aromatic rings. The Balaban J connectivity index is 1.72. The molecule has 0 unspecified atom stereocenters. The lowest BCUT2D eigenvalue weighted by Crippen LogP contribution is -2.17. The van der Waals surface area contributed by atoms with Crippen molar-refractivity contribution in [1.29, 1.82) is 0 Å². The SMILES string of the molecule is CCn1cc(Cl)c(=Nc2cccc(CCc3ccc(OC(F)(F)F)cc3)c2)c(Cl)c1. The number of aromatic nitrogens is 1. The molecule has 0 atom stereocenters. The molecule has 0 saturated heterocycles. The van der Waals surface area contributed by atoms with Crippen LogP contribution in [0.25, 0.3) is 0 Å². The number of halogens is 5. The highest BCUT2D eigenvalue weighted by molar-refractivity contribution is 6.34. The Morgan fingerprint density at radius 1 is 0.933 bits per heavy atom. The van der Waals surface area contributed by atoms with Gasteiger partial charge in [0, 0.05) is 18.9 Å². The van der Waals surface area contributed by atoms with E-state index in [4.69, 9.17) is 23.2 Å². The van der Waals surface area contributed by atoms with Crippen LogP contribution in [-0.4, -0.2) is 10.9 Å². The first-order valence-corrected chi connectivity index (χ1v) is 10.0. The Morgan fingerprint density at radius 2 is 1.57 bits per heavy atom. The van der Waals surface area contributed by atoms with Crippen molar-refractivity contribution in [3.63, 3.8) is 0 Å². The zero-order chi connectivity index (χ0) is 21.7. The topological polar surface area (TPSA) is 26.5 Å². The second-order valence-corrected chi connectivity index (χ2v) is 7.42. The van der Waals surface area contributed by atoms with Crippen LogP contribution in [0.3, 0.4) is 0 Å². The Kier molecular flexibility index (Phi) is 7.10. The van der Waals surface area contributed by atoms with Crippen LogP contribution < -0.4 is 10.1 Å². The maximum atomic E-state index is 12.2. The molecule has 3 nitrogen and oxygen atoms in total. The van der Waals surface area contributed by atoms with Crippen molar-refractivity contribution >= 4 is 28.9 Å². The predicted molar refractivity (Wildman–Crippen MR) is 112 cm³/mol. The monoisotopic (exact) mass is 454 g/mol. The molecular weight excluding hydrogens is 436 g/mol. The number of alkyl halides is 3. The van der Waals surface area contributed by atoms with Crippen LogP contribution in [0, 0.1) is 0 Å². The van der Waals surface area contributed by atoms with Crippen LogP contribution >= 0.6 is 23.2 Å². The number of hydrogen-bond donors (Lipinski definition) is 0. The summed E-state index contributed by atoms with van der Waals surface area (Å²) < 4.78 is 42.5. The molecular formula is C22H19Cl2F3N2O. The minimum atomic E-state index is -4.69. The summed E-state index contributed by atoms with van der Waals surface area (Å²) in [6, 6.07) is 13.6. The summed E-state index contributed by atoms with van der Waals surface area (Å²) in [7, 11) is 0. The van der Waals surface area contributed by atoms with Crippen molar-refractivity contribution in [2.45, 2.75) is 32.7 Å². The molecule has 2 aromatic carbocycles. The van der Waals surface area contributed by atoms with Gasteiger partial charge in [0.2, 0.25) is 0 Å². The average molecular weight is 455 g/mol. The van der Waals surface area contributed by atoms with Gasteiger partial charge in [0.25, 0.3) is 0 Å². The van der Waals surface area contributed by atoms with E-state index in [9.17, 15) is 13.2 Å². The molecule has 0 aliphatic heterocycles. The molecule has 0 radical (unpaired) electrons.